The van der Waals surface area contributed by atoms with Gasteiger partial charge in [0.05, 0.1) is 20.6 Å². The third-order valence-corrected chi connectivity index (χ3v) is 4.35. The maximum absolute atomic E-state index is 12.1. The van der Waals surface area contributed by atoms with E-state index in [1.165, 1.54) is 32.4 Å². The number of benzene rings is 2. The van der Waals surface area contributed by atoms with Crippen LogP contribution in [0, 0.1) is 0 Å². The fourth-order valence-corrected chi connectivity index (χ4v) is 2.71. The summed E-state index contributed by atoms with van der Waals surface area (Å²) >= 11 is 0. The minimum atomic E-state index is -0.210. The third kappa shape index (κ3) is 6.87. The third-order valence-electron chi connectivity index (χ3n) is 4.35. The van der Waals surface area contributed by atoms with Crippen LogP contribution < -0.4 is 14.8 Å². The smallest absolute Gasteiger partial charge is 0.170 e. The number of hydrogen-bond donors (Lipinski definition) is 1. The summed E-state index contributed by atoms with van der Waals surface area (Å²) in [6, 6.07) is 13.4. The molecule has 5 heteroatoms. The molecule has 5 nitrogen and oxygen atoms in total. The number of hydrogen-bond acceptors (Lipinski definition) is 5. The first-order chi connectivity index (χ1) is 13.1. The van der Waals surface area contributed by atoms with Crippen LogP contribution in [0.3, 0.4) is 0 Å². The molecule has 3 rings (SSSR count). The molecular weight excluding hydrogens is 342 g/mol. The van der Waals surface area contributed by atoms with Crippen molar-refractivity contribution in [2.75, 3.05) is 27.3 Å². The fraction of sp³-hybridized carbons (Fsp3) is 0.364. The summed E-state index contributed by atoms with van der Waals surface area (Å²) in [5.74, 6) is 0.929. The largest absolute Gasteiger partial charge is 0.497 e. The van der Waals surface area contributed by atoms with Gasteiger partial charge in [-0.2, -0.15) is 0 Å². The molecular formula is C22H27NO4. The molecule has 0 radical (unpaired) electrons. The lowest BCUT2D eigenvalue weighted by molar-refractivity contribution is 0.0894. The fourth-order valence-electron chi connectivity index (χ4n) is 2.71. The summed E-state index contributed by atoms with van der Waals surface area (Å²) in [4.78, 5) is 24.1. The number of ketones is 2. The Bertz CT molecular complexity index is 650. The van der Waals surface area contributed by atoms with Crippen LogP contribution in [-0.4, -0.2) is 38.9 Å². The molecule has 0 bridgehead atoms. The maximum atomic E-state index is 12.1. The number of carbonyl (C=O) groups is 2. The second-order valence-electron chi connectivity index (χ2n) is 6.29. The van der Waals surface area contributed by atoms with Gasteiger partial charge in [0.25, 0.3) is 0 Å². The molecule has 1 aliphatic rings. The minimum Gasteiger partial charge on any atom is -0.497 e. The van der Waals surface area contributed by atoms with Crippen LogP contribution in [0.1, 0.15) is 46.4 Å². The first-order valence-corrected chi connectivity index (χ1v) is 9.19. The topological polar surface area (TPSA) is 64.6 Å². The van der Waals surface area contributed by atoms with Crippen LogP contribution >= 0.6 is 0 Å². The van der Waals surface area contributed by atoms with Crippen molar-refractivity contribution in [3.8, 4) is 11.5 Å². The molecule has 144 valence electrons. The molecule has 0 aliphatic carbocycles. The molecule has 1 fully saturated rings. The highest BCUT2D eigenvalue weighted by Gasteiger charge is 2.13. The van der Waals surface area contributed by atoms with Gasteiger partial charge in [-0.3, -0.25) is 9.59 Å². The van der Waals surface area contributed by atoms with E-state index in [4.69, 9.17) is 9.47 Å². The van der Waals surface area contributed by atoms with Gasteiger partial charge in [-0.05, 0) is 74.5 Å². The standard InChI is InChI=1S/C17H16O4.C5H11N/c1-20-14-7-3-12(4-8-14)16(18)11-17(19)13-5-9-15(21-2)10-6-13;1-2-4-6-5-3-1/h3-10H,11H2,1-2H3;6H,1-5H2. The van der Waals surface area contributed by atoms with Crippen molar-refractivity contribution in [1.82, 2.24) is 5.32 Å². The van der Waals surface area contributed by atoms with E-state index in [-0.39, 0.29) is 18.0 Å². The zero-order valence-corrected chi connectivity index (χ0v) is 16.0. The van der Waals surface area contributed by atoms with E-state index in [1.807, 2.05) is 0 Å². The van der Waals surface area contributed by atoms with E-state index in [0.717, 1.165) is 0 Å². The number of nitrogens with one attached hydrogen (secondary N) is 1. The van der Waals surface area contributed by atoms with Crippen LogP contribution in [0.5, 0.6) is 11.5 Å². The van der Waals surface area contributed by atoms with Gasteiger partial charge in [-0.1, -0.05) is 6.42 Å². The van der Waals surface area contributed by atoms with Gasteiger partial charge < -0.3 is 14.8 Å². The maximum Gasteiger partial charge on any atom is 0.170 e. The first-order valence-electron chi connectivity index (χ1n) is 9.19. The van der Waals surface area contributed by atoms with Gasteiger partial charge in [0, 0.05) is 11.1 Å². The zero-order chi connectivity index (χ0) is 19.5. The number of Topliss-reactive ketones (excluding diaryl/α,β-unsaturated/α-hetero) is 2. The molecule has 2 aromatic rings. The lowest BCUT2D eigenvalue weighted by atomic mass is 10.0. The molecule has 1 aliphatic heterocycles. The molecule has 2 aromatic carbocycles. The van der Waals surface area contributed by atoms with Gasteiger partial charge in [-0.25, -0.2) is 0 Å². The average molecular weight is 369 g/mol. The summed E-state index contributed by atoms with van der Waals surface area (Å²) in [6.07, 6.45) is 4.06. The van der Waals surface area contributed by atoms with Gasteiger partial charge in [0.1, 0.15) is 11.5 Å². The van der Waals surface area contributed by atoms with E-state index in [0.29, 0.717) is 22.6 Å². The average Bonchev–Trinajstić information content (AvgIpc) is 2.75. The Morgan fingerprint density at radius 1 is 0.741 bits per heavy atom. The predicted molar refractivity (Wildman–Crippen MR) is 106 cm³/mol. The highest BCUT2D eigenvalue weighted by molar-refractivity contribution is 6.13. The number of methoxy groups -OCH3 is 2. The van der Waals surface area contributed by atoms with Crippen LogP contribution in [0.15, 0.2) is 48.5 Å². The van der Waals surface area contributed by atoms with Crippen LogP contribution in [0.2, 0.25) is 0 Å². The zero-order valence-electron chi connectivity index (χ0n) is 16.0. The highest BCUT2D eigenvalue weighted by Crippen LogP contribution is 2.16. The highest BCUT2D eigenvalue weighted by atomic mass is 16.5. The summed E-state index contributed by atoms with van der Waals surface area (Å²) in [7, 11) is 3.12. The second kappa shape index (κ2) is 11.1. The predicted octanol–water partition coefficient (Wildman–Crippen LogP) is 3.92. The summed E-state index contributed by atoms with van der Waals surface area (Å²) in [5, 5.41) is 3.28. The number of piperidine rings is 1. The molecule has 0 aromatic heterocycles. The van der Waals surface area contributed by atoms with E-state index < -0.39 is 0 Å². The van der Waals surface area contributed by atoms with Crippen LogP contribution in [0.4, 0.5) is 0 Å². The van der Waals surface area contributed by atoms with Crippen molar-refractivity contribution in [1.29, 1.82) is 0 Å². The molecule has 0 amide bonds. The molecule has 1 saturated heterocycles. The summed E-state index contributed by atoms with van der Waals surface area (Å²) in [6.45, 7) is 2.50. The van der Waals surface area contributed by atoms with Crippen molar-refractivity contribution in [3.63, 3.8) is 0 Å². The monoisotopic (exact) mass is 369 g/mol. The Balaban J connectivity index is 0.000000369. The van der Waals surface area contributed by atoms with Crippen molar-refractivity contribution in [2.24, 2.45) is 0 Å². The Morgan fingerprint density at radius 3 is 1.41 bits per heavy atom. The normalized spacial score (nSPS) is 13.1. The molecule has 27 heavy (non-hydrogen) atoms. The van der Waals surface area contributed by atoms with Gasteiger partial charge in [-0.15, -0.1) is 0 Å². The van der Waals surface area contributed by atoms with Crippen LogP contribution in [0.25, 0.3) is 0 Å². The Hall–Kier alpha value is -2.66. The lowest BCUT2D eigenvalue weighted by Crippen LogP contribution is -2.21. The summed E-state index contributed by atoms with van der Waals surface area (Å²) < 4.78 is 10.1. The van der Waals surface area contributed by atoms with Crippen molar-refractivity contribution in [2.45, 2.75) is 25.7 Å². The Morgan fingerprint density at radius 2 is 1.15 bits per heavy atom. The van der Waals surface area contributed by atoms with Gasteiger partial charge in [0.15, 0.2) is 11.6 Å². The van der Waals surface area contributed by atoms with E-state index >= 15 is 0 Å². The van der Waals surface area contributed by atoms with Crippen molar-refractivity contribution >= 4 is 11.6 Å². The Kier molecular flexibility index (Phi) is 8.52. The number of ether oxygens (including phenoxy) is 2. The van der Waals surface area contributed by atoms with E-state index in [2.05, 4.69) is 5.32 Å². The Labute approximate surface area is 160 Å². The first kappa shape index (κ1) is 20.6. The summed E-state index contributed by atoms with van der Waals surface area (Å²) in [5.41, 5.74) is 0.996. The van der Waals surface area contributed by atoms with E-state index in [1.54, 1.807) is 62.8 Å². The van der Waals surface area contributed by atoms with Gasteiger partial charge in [0.2, 0.25) is 0 Å². The molecule has 0 saturated carbocycles. The minimum absolute atomic E-state index is 0.154. The van der Waals surface area contributed by atoms with Crippen molar-refractivity contribution < 1.29 is 19.1 Å². The van der Waals surface area contributed by atoms with Crippen molar-refractivity contribution in [3.05, 3.63) is 59.7 Å². The van der Waals surface area contributed by atoms with Crippen LogP contribution in [-0.2, 0) is 0 Å². The number of rotatable bonds is 6. The molecule has 0 spiro atoms. The van der Waals surface area contributed by atoms with E-state index in [9.17, 15) is 9.59 Å². The SMILES string of the molecule is C1CCNCC1.COc1ccc(C(=O)CC(=O)c2ccc(OC)cc2)cc1. The lowest BCUT2D eigenvalue weighted by Gasteiger charge is -2.08. The molecule has 1 N–H and O–H groups in total. The molecule has 1 heterocycles. The van der Waals surface area contributed by atoms with Gasteiger partial charge >= 0.3 is 0 Å². The number of carbonyl (C=O) groups excluding carboxylic acids is 2. The molecule has 0 atom stereocenters. The molecule has 0 unspecified atom stereocenters. The quantitative estimate of drug-likeness (QED) is 0.618. The second-order valence-corrected chi connectivity index (χ2v) is 6.29.